The topological polar surface area (TPSA) is 70.6 Å². The molecule has 2 aromatic rings. The third kappa shape index (κ3) is 3.71. The lowest BCUT2D eigenvalue weighted by molar-refractivity contribution is -0.138. The summed E-state index contributed by atoms with van der Waals surface area (Å²) < 4.78 is 0. The maximum Gasteiger partial charge on any atom is 0.230 e. The largest absolute Gasteiger partial charge is 0.291 e. The number of rotatable bonds is 5. The molecule has 0 bridgehead atoms. The van der Waals surface area contributed by atoms with Crippen molar-refractivity contribution in [2.24, 2.45) is 0 Å². The second-order valence-electron chi connectivity index (χ2n) is 7.36. The van der Waals surface area contributed by atoms with Gasteiger partial charge in [0.15, 0.2) is 5.13 Å². The van der Waals surface area contributed by atoms with E-state index < -0.39 is 0 Å². The number of anilines is 1. The molecule has 6 nitrogen and oxygen atoms in total. The van der Waals surface area contributed by atoms with Crippen LogP contribution < -0.4 is 4.90 Å². The Bertz CT molecular complexity index is 893. The van der Waals surface area contributed by atoms with Gasteiger partial charge in [-0.3, -0.25) is 24.2 Å². The number of fused-ring (bicyclic) bond motifs is 1. The first kappa shape index (κ1) is 18.8. The van der Waals surface area contributed by atoms with E-state index in [1.54, 1.807) is 23.3 Å². The number of thiazole rings is 1. The minimum atomic E-state index is -0.183. The molecule has 2 aliphatic rings. The van der Waals surface area contributed by atoms with Crippen LogP contribution in [0, 0.1) is 0 Å². The maximum absolute atomic E-state index is 12.6. The zero-order valence-corrected chi connectivity index (χ0v) is 16.7. The van der Waals surface area contributed by atoms with Gasteiger partial charge in [0.05, 0.1) is 5.69 Å². The number of likely N-dealkylation sites (tertiary alicyclic amines) is 1. The average molecular weight is 398 g/mol. The molecular weight excluding hydrogens is 374 g/mol. The molecule has 1 aromatic heterocycles. The Morgan fingerprint density at radius 3 is 2.61 bits per heavy atom. The van der Waals surface area contributed by atoms with Crippen LogP contribution in [0.5, 0.6) is 0 Å². The SMILES string of the molecule is CN(C(=O)CCN1C(=O)CCC1=O)c1nc2c(s1)CC(c1ccccc1)CC2. The van der Waals surface area contributed by atoms with Crippen LogP contribution >= 0.6 is 11.3 Å². The van der Waals surface area contributed by atoms with E-state index in [-0.39, 0.29) is 43.5 Å². The van der Waals surface area contributed by atoms with Crippen LogP contribution in [-0.4, -0.2) is 41.2 Å². The van der Waals surface area contributed by atoms with Crippen LogP contribution in [0.15, 0.2) is 30.3 Å². The van der Waals surface area contributed by atoms with Gasteiger partial charge in [-0.15, -0.1) is 11.3 Å². The zero-order chi connectivity index (χ0) is 19.7. The molecule has 1 atom stereocenters. The van der Waals surface area contributed by atoms with E-state index in [1.165, 1.54) is 15.3 Å². The second kappa shape index (κ2) is 7.83. The Morgan fingerprint density at radius 2 is 1.89 bits per heavy atom. The number of carbonyl (C=O) groups excluding carboxylic acids is 3. The Balaban J connectivity index is 1.40. The van der Waals surface area contributed by atoms with Gasteiger partial charge in [0.1, 0.15) is 0 Å². The van der Waals surface area contributed by atoms with Crippen LogP contribution in [0.2, 0.25) is 0 Å². The predicted octanol–water partition coefficient (Wildman–Crippen LogP) is 2.92. The van der Waals surface area contributed by atoms with Crippen molar-refractivity contribution in [2.75, 3.05) is 18.5 Å². The fraction of sp³-hybridized carbons (Fsp3) is 0.429. The molecule has 0 saturated carbocycles. The van der Waals surface area contributed by atoms with Crippen molar-refractivity contribution < 1.29 is 14.4 Å². The molecular formula is C21H23N3O3S. The van der Waals surface area contributed by atoms with E-state index in [9.17, 15) is 14.4 Å². The standard InChI is InChI=1S/C21H23N3O3S/c1-23(18(25)11-12-24-19(26)9-10-20(24)27)21-22-16-8-7-15(13-17(16)28-21)14-5-3-2-4-6-14/h2-6,15H,7-13H2,1H3. The highest BCUT2D eigenvalue weighted by Gasteiger charge is 2.30. The van der Waals surface area contributed by atoms with Crippen LogP contribution in [0.1, 0.15) is 47.7 Å². The number of nitrogens with zero attached hydrogens (tertiary/aromatic N) is 3. The van der Waals surface area contributed by atoms with E-state index in [2.05, 4.69) is 29.2 Å². The molecule has 0 radical (unpaired) electrons. The summed E-state index contributed by atoms with van der Waals surface area (Å²) in [5.74, 6) is 0.00245. The normalized spacial score (nSPS) is 19.0. The van der Waals surface area contributed by atoms with Gasteiger partial charge in [0.2, 0.25) is 17.7 Å². The number of aryl methyl sites for hydroxylation is 1. The number of hydrogen-bond acceptors (Lipinski definition) is 5. The number of amides is 3. The molecule has 1 unspecified atom stereocenters. The summed E-state index contributed by atoms with van der Waals surface area (Å²) in [7, 11) is 1.72. The van der Waals surface area contributed by atoms with E-state index in [1.807, 2.05) is 6.07 Å². The van der Waals surface area contributed by atoms with Crippen LogP contribution in [0.25, 0.3) is 0 Å². The third-order valence-corrected chi connectivity index (χ3v) is 6.76. The Labute approximate surface area is 168 Å². The molecule has 3 amide bonds. The van der Waals surface area contributed by atoms with E-state index in [0.29, 0.717) is 11.0 Å². The van der Waals surface area contributed by atoms with Gasteiger partial charge in [-0.1, -0.05) is 30.3 Å². The van der Waals surface area contributed by atoms with Crippen LogP contribution in [0.3, 0.4) is 0 Å². The van der Waals surface area contributed by atoms with Gasteiger partial charge < -0.3 is 0 Å². The number of hydrogen-bond donors (Lipinski definition) is 0. The molecule has 2 heterocycles. The molecule has 146 valence electrons. The molecule has 0 spiro atoms. The van der Waals surface area contributed by atoms with Crippen LogP contribution in [0.4, 0.5) is 5.13 Å². The first-order valence-electron chi connectivity index (χ1n) is 9.66. The number of imide groups is 1. The molecule has 1 fully saturated rings. The summed E-state index contributed by atoms with van der Waals surface area (Å²) in [6, 6.07) is 10.5. The maximum atomic E-state index is 12.6. The van der Waals surface area contributed by atoms with Crippen molar-refractivity contribution in [2.45, 2.75) is 44.4 Å². The van der Waals surface area contributed by atoms with Gasteiger partial charge in [-0.25, -0.2) is 4.98 Å². The molecule has 28 heavy (non-hydrogen) atoms. The summed E-state index contributed by atoms with van der Waals surface area (Å²) in [5, 5.41) is 0.697. The lowest BCUT2D eigenvalue weighted by Crippen LogP contribution is -2.35. The van der Waals surface area contributed by atoms with E-state index >= 15 is 0 Å². The van der Waals surface area contributed by atoms with Gasteiger partial charge in [-0.05, 0) is 30.7 Å². The fourth-order valence-electron chi connectivity index (χ4n) is 3.87. The number of benzene rings is 1. The summed E-state index contributed by atoms with van der Waals surface area (Å²) in [6.45, 7) is 0.155. The average Bonchev–Trinajstić information content (AvgIpc) is 3.28. The van der Waals surface area contributed by atoms with Gasteiger partial charge in [0.25, 0.3) is 0 Å². The minimum absolute atomic E-state index is 0.127. The Morgan fingerprint density at radius 1 is 1.18 bits per heavy atom. The van der Waals surface area contributed by atoms with Crippen molar-refractivity contribution in [3.63, 3.8) is 0 Å². The molecule has 0 N–H and O–H groups in total. The molecule has 1 aliphatic carbocycles. The van der Waals surface area contributed by atoms with Gasteiger partial charge in [-0.2, -0.15) is 0 Å². The fourth-order valence-corrected chi connectivity index (χ4v) is 5.03. The number of aromatic nitrogens is 1. The highest BCUT2D eigenvalue weighted by atomic mass is 32.1. The molecule has 1 aliphatic heterocycles. The van der Waals surface area contributed by atoms with E-state index in [0.717, 1.165) is 25.0 Å². The Kier molecular flexibility index (Phi) is 5.26. The quantitative estimate of drug-likeness (QED) is 0.728. The van der Waals surface area contributed by atoms with Gasteiger partial charge in [0, 0.05) is 37.7 Å². The van der Waals surface area contributed by atoms with Gasteiger partial charge >= 0.3 is 0 Å². The summed E-state index contributed by atoms with van der Waals surface area (Å²) in [5.41, 5.74) is 2.45. The highest BCUT2D eigenvalue weighted by molar-refractivity contribution is 7.15. The predicted molar refractivity (Wildman–Crippen MR) is 107 cm³/mol. The smallest absolute Gasteiger partial charge is 0.230 e. The summed E-state index contributed by atoms with van der Waals surface area (Å²) in [6.07, 6.45) is 3.58. The van der Waals surface area contributed by atoms with Crippen LogP contribution in [-0.2, 0) is 27.2 Å². The second-order valence-corrected chi connectivity index (χ2v) is 8.42. The van der Waals surface area contributed by atoms with Crippen molar-refractivity contribution in [3.05, 3.63) is 46.5 Å². The zero-order valence-electron chi connectivity index (χ0n) is 15.9. The monoisotopic (exact) mass is 397 g/mol. The minimum Gasteiger partial charge on any atom is -0.291 e. The molecule has 7 heteroatoms. The van der Waals surface area contributed by atoms with Crippen molar-refractivity contribution in [1.29, 1.82) is 0 Å². The molecule has 4 rings (SSSR count). The first-order valence-corrected chi connectivity index (χ1v) is 10.5. The van der Waals surface area contributed by atoms with Crippen molar-refractivity contribution in [1.82, 2.24) is 9.88 Å². The highest BCUT2D eigenvalue weighted by Crippen LogP contribution is 2.37. The van der Waals surface area contributed by atoms with Crippen molar-refractivity contribution in [3.8, 4) is 0 Å². The first-order chi connectivity index (χ1) is 13.5. The third-order valence-electron chi connectivity index (χ3n) is 5.56. The summed E-state index contributed by atoms with van der Waals surface area (Å²) >= 11 is 1.58. The molecule has 1 saturated heterocycles. The lowest BCUT2D eigenvalue weighted by atomic mass is 9.85. The lowest BCUT2D eigenvalue weighted by Gasteiger charge is -2.21. The van der Waals surface area contributed by atoms with Crippen molar-refractivity contribution >= 4 is 34.2 Å². The molecule has 1 aromatic carbocycles. The summed E-state index contributed by atoms with van der Waals surface area (Å²) in [4.78, 5) is 44.6. The van der Waals surface area contributed by atoms with E-state index in [4.69, 9.17) is 0 Å². The number of carbonyl (C=O) groups is 3. The Hall–Kier alpha value is -2.54.